The largest absolute Gasteiger partial charge is 0.468 e. The summed E-state index contributed by atoms with van der Waals surface area (Å²) in [6.45, 7) is -0.0439. The summed E-state index contributed by atoms with van der Waals surface area (Å²) in [6.07, 6.45) is 3.85. The lowest BCUT2D eigenvalue weighted by atomic mass is 10.1. The van der Waals surface area contributed by atoms with Crippen LogP contribution in [0.3, 0.4) is 0 Å². The predicted octanol–water partition coefficient (Wildman–Crippen LogP) is 4.14. The third-order valence-electron chi connectivity index (χ3n) is 6.07. The number of benzene rings is 2. The average molecular weight is 645 g/mol. The Labute approximate surface area is 247 Å². The van der Waals surface area contributed by atoms with Gasteiger partial charge in [0.1, 0.15) is 5.76 Å². The van der Waals surface area contributed by atoms with Crippen molar-refractivity contribution in [3.8, 4) is 0 Å². The number of carbonyl (C=O) groups is 1. The molecule has 0 aliphatic heterocycles. The second-order valence-electron chi connectivity index (χ2n) is 9.30. The Bertz CT molecular complexity index is 1950. The summed E-state index contributed by atoms with van der Waals surface area (Å²) >= 11 is 0. The summed E-state index contributed by atoms with van der Waals surface area (Å²) in [5, 5.41) is 2.07. The van der Waals surface area contributed by atoms with Crippen LogP contribution in [0.1, 0.15) is 27.2 Å². The van der Waals surface area contributed by atoms with E-state index in [-0.39, 0.29) is 44.0 Å². The standard InChI is InChI=1S/C28H24N2O10S3/c31-28(30-23-7-9-25(10-8-23)43(36,37)29-17-24-4-1-11-38-24)22-15-20(18-41(32,33)26-5-2-12-39-26)14-21(16-22)19-42(34,35)27-6-3-13-40-27/h1-16,29H,17-19H2,(H,30,31). The molecule has 3 heterocycles. The Balaban J connectivity index is 1.38. The second kappa shape index (κ2) is 12.0. The monoisotopic (exact) mass is 644 g/mol. The molecule has 0 aliphatic carbocycles. The lowest BCUT2D eigenvalue weighted by Gasteiger charge is -2.11. The van der Waals surface area contributed by atoms with E-state index in [1.807, 2.05) is 0 Å². The minimum absolute atomic E-state index is 0.0198. The fraction of sp³-hybridized carbons (Fsp3) is 0.107. The smallest absolute Gasteiger partial charge is 0.255 e. The van der Waals surface area contributed by atoms with Crippen LogP contribution in [0.25, 0.3) is 0 Å². The summed E-state index contributed by atoms with van der Waals surface area (Å²) in [5.74, 6) is -1.37. The number of hydrogen-bond acceptors (Lipinski definition) is 10. The molecular weight excluding hydrogens is 621 g/mol. The van der Waals surface area contributed by atoms with Gasteiger partial charge in [0.25, 0.3) is 5.91 Å². The molecule has 5 rings (SSSR count). The van der Waals surface area contributed by atoms with Gasteiger partial charge in [-0.25, -0.2) is 30.0 Å². The summed E-state index contributed by atoms with van der Waals surface area (Å²) in [5.41, 5.74) is 0.525. The van der Waals surface area contributed by atoms with Gasteiger partial charge in [-0.3, -0.25) is 4.79 Å². The molecule has 0 bridgehead atoms. The van der Waals surface area contributed by atoms with Gasteiger partial charge in [-0.05, 0) is 83.9 Å². The first-order valence-electron chi connectivity index (χ1n) is 12.5. The van der Waals surface area contributed by atoms with Gasteiger partial charge in [0.15, 0.2) is 0 Å². The molecular formula is C28H24N2O10S3. The number of sulfonamides is 1. The van der Waals surface area contributed by atoms with E-state index in [4.69, 9.17) is 13.3 Å². The fourth-order valence-electron chi connectivity index (χ4n) is 4.11. The van der Waals surface area contributed by atoms with Gasteiger partial charge in [-0.15, -0.1) is 0 Å². The van der Waals surface area contributed by atoms with Crippen molar-refractivity contribution in [1.82, 2.24) is 4.72 Å². The molecule has 43 heavy (non-hydrogen) atoms. The molecule has 0 saturated carbocycles. The molecule has 3 aromatic heterocycles. The lowest BCUT2D eigenvalue weighted by Crippen LogP contribution is -2.23. The summed E-state index contributed by atoms with van der Waals surface area (Å²) in [4.78, 5) is 13.2. The zero-order valence-corrected chi connectivity index (χ0v) is 24.6. The van der Waals surface area contributed by atoms with E-state index >= 15 is 0 Å². The van der Waals surface area contributed by atoms with Crippen molar-refractivity contribution in [2.75, 3.05) is 5.32 Å². The highest BCUT2D eigenvalue weighted by atomic mass is 32.2. The van der Waals surface area contributed by atoms with E-state index < -0.39 is 47.1 Å². The normalized spacial score (nSPS) is 12.3. The summed E-state index contributed by atoms with van der Waals surface area (Å²) < 4.78 is 94.2. The van der Waals surface area contributed by atoms with Crippen LogP contribution in [0, 0.1) is 0 Å². The zero-order valence-electron chi connectivity index (χ0n) is 22.2. The summed E-state index contributed by atoms with van der Waals surface area (Å²) in [7, 11) is -11.8. The average Bonchev–Trinajstić information content (AvgIpc) is 3.76. The van der Waals surface area contributed by atoms with E-state index in [0.717, 1.165) is 0 Å². The Morgan fingerprint density at radius 3 is 1.67 bits per heavy atom. The van der Waals surface area contributed by atoms with Gasteiger partial charge in [0.2, 0.25) is 39.9 Å². The summed E-state index contributed by atoms with van der Waals surface area (Å²) in [6, 6.07) is 18.1. The molecule has 15 heteroatoms. The van der Waals surface area contributed by atoms with E-state index in [9.17, 15) is 30.0 Å². The lowest BCUT2D eigenvalue weighted by molar-refractivity contribution is 0.102. The van der Waals surface area contributed by atoms with Gasteiger partial charge < -0.3 is 18.6 Å². The highest BCUT2D eigenvalue weighted by Crippen LogP contribution is 2.24. The Morgan fingerprint density at radius 2 is 1.19 bits per heavy atom. The number of nitrogens with one attached hydrogen (secondary N) is 2. The number of rotatable bonds is 12. The number of hydrogen-bond donors (Lipinski definition) is 2. The van der Waals surface area contributed by atoms with E-state index in [1.54, 1.807) is 12.1 Å². The molecule has 0 saturated heterocycles. The van der Waals surface area contributed by atoms with Crippen LogP contribution in [-0.4, -0.2) is 31.2 Å². The zero-order chi connectivity index (χ0) is 30.7. The number of amides is 1. The third kappa shape index (κ3) is 7.32. The minimum atomic E-state index is -3.95. The quantitative estimate of drug-likeness (QED) is 0.200. The van der Waals surface area contributed by atoms with E-state index in [1.165, 1.54) is 85.5 Å². The topological polar surface area (TPSA) is 183 Å². The molecule has 1 amide bonds. The van der Waals surface area contributed by atoms with Crippen molar-refractivity contribution in [3.63, 3.8) is 0 Å². The number of anilines is 1. The Hall–Kier alpha value is -4.44. The van der Waals surface area contributed by atoms with Gasteiger partial charge in [0.05, 0.1) is 41.7 Å². The maximum absolute atomic E-state index is 13.2. The van der Waals surface area contributed by atoms with Crippen molar-refractivity contribution in [2.45, 2.75) is 33.1 Å². The van der Waals surface area contributed by atoms with Crippen LogP contribution >= 0.6 is 0 Å². The SMILES string of the molecule is O=C(Nc1ccc(S(=O)(=O)NCc2ccco2)cc1)c1cc(CS(=O)(=O)c2ccco2)cc(CS(=O)(=O)c2ccco2)c1. The van der Waals surface area contributed by atoms with Crippen molar-refractivity contribution in [1.29, 1.82) is 0 Å². The van der Waals surface area contributed by atoms with Crippen molar-refractivity contribution in [2.24, 2.45) is 0 Å². The van der Waals surface area contributed by atoms with Crippen LogP contribution in [0.2, 0.25) is 0 Å². The van der Waals surface area contributed by atoms with Crippen LogP contribution in [0.4, 0.5) is 5.69 Å². The van der Waals surface area contributed by atoms with Gasteiger partial charge in [0, 0.05) is 11.3 Å². The van der Waals surface area contributed by atoms with Gasteiger partial charge in [-0.1, -0.05) is 6.07 Å². The van der Waals surface area contributed by atoms with Crippen molar-refractivity contribution in [3.05, 3.63) is 120 Å². The molecule has 5 aromatic rings. The van der Waals surface area contributed by atoms with Crippen LogP contribution in [0.15, 0.2) is 126 Å². The maximum atomic E-state index is 13.2. The molecule has 2 aromatic carbocycles. The Morgan fingerprint density at radius 1 is 0.651 bits per heavy atom. The predicted molar refractivity (Wildman–Crippen MR) is 153 cm³/mol. The van der Waals surface area contributed by atoms with Crippen molar-refractivity contribution < 1.29 is 43.3 Å². The number of carbonyl (C=O) groups excluding carboxylic acids is 1. The third-order valence-corrected chi connectivity index (χ3v) is 10.6. The van der Waals surface area contributed by atoms with Gasteiger partial charge in [-0.2, -0.15) is 0 Å². The minimum Gasteiger partial charge on any atom is -0.468 e. The maximum Gasteiger partial charge on any atom is 0.255 e. The molecule has 12 nitrogen and oxygen atoms in total. The van der Waals surface area contributed by atoms with Gasteiger partial charge >= 0.3 is 0 Å². The molecule has 0 fully saturated rings. The van der Waals surface area contributed by atoms with Crippen LogP contribution < -0.4 is 10.0 Å². The first-order chi connectivity index (χ1) is 20.4. The second-order valence-corrected chi connectivity index (χ2v) is 14.9. The number of furan rings is 3. The highest BCUT2D eigenvalue weighted by molar-refractivity contribution is 7.90. The Kier molecular flexibility index (Phi) is 8.41. The first kappa shape index (κ1) is 30.0. The molecule has 0 spiro atoms. The molecule has 2 N–H and O–H groups in total. The van der Waals surface area contributed by atoms with Crippen LogP contribution in [-0.2, 0) is 47.7 Å². The van der Waals surface area contributed by atoms with E-state index in [0.29, 0.717) is 5.76 Å². The molecule has 0 aliphatic rings. The molecule has 224 valence electrons. The molecule has 0 unspecified atom stereocenters. The van der Waals surface area contributed by atoms with E-state index in [2.05, 4.69) is 10.0 Å². The number of sulfone groups is 2. The molecule has 0 radical (unpaired) electrons. The highest BCUT2D eigenvalue weighted by Gasteiger charge is 2.23. The first-order valence-corrected chi connectivity index (χ1v) is 17.3. The molecule has 0 atom stereocenters. The van der Waals surface area contributed by atoms with Crippen molar-refractivity contribution >= 4 is 41.3 Å². The fourth-order valence-corrected chi connectivity index (χ4v) is 7.57. The van der Waals surface area contributed by atoms with Crippen LogP contribution in [0.5, 0.6) is 0 Å².